The number of nitrogens with one attached hydrogen (secondary N) is 1. The largest absolute Gasteiger partial charge is 0.394 e. The van der Waals surface area contributed by atoms with Gasteiger partial charge in [-0.25, -0.2) is 0 Å². The van der Waals surface area contributed by atoms with E-state index in [1.807, 2.05) is 25.1 Å². The van der Waals surface area contributed by atoms with E-state index in [9.17, 15) is 9.90 Å². The molecule has 0 heterocycles. The third-order valence-electron chi connectivity index (χ3n) is 2.87. The molecule has 2 N–H and O–H groups in total. The Bertz CT molecular complexity index is 439. The second-order valence-corrected chi connectivity index (χ2v) is 4.82. The van der Waals surface area contributed by atoms with Crippen LogP contribution in [0.25, 0.3) is 6.08 Å². The number of aliphatic hydroxyl groups is 1. The van der Waals surface area contributed by atoms with Gasteiger partial charge in [0.05, 0.1) is 12.1 Å². The number of hydrogen-bond acceptors (Lipinski definition) is 2. The van der Waals surface area contributed by atoms with Gasteiger partial charge in [0.15, 0.2) is 0 Å². The van der Waals surface area contributed by atoms with Crippen molar-refractivity contribution in [1.82, 2.24) is 5.32 Å². The molecular weight excluding hydrogens is 250 g/mol. The molecular formula is C14H18ClNO2. The second-order valence-electron chi connectivity index (χ2n) is 4.42. The lowest BCUT2D eigenvalue weighted by molar-refractivity contribution is -0.118. The quantitative estimate of drug-likeness (QED) is 0.806. The number of carbonyl (C=O) groups is 1. The van der Waals surface area contributed by atoms with Crippen LogP contribution in [0, 0.1) is 0 Å². The Morgan fingerprint density at radius 2 is 2.17 bits per heavy atom. The van der Waals surface area contributed by atoms with Crippen molar-refractivity contribution in [2.75, 3.05) is 6.61 Å². The van der Waals surface area contributed by atoms with Crippen LogP contribution in [0.2, 0.25) is 5.02 Å². The molecule has 18 heavy (non-hydrogen) atoms. The van der Waals surface area contributed by atoms with Crippen LogP contribution in [0.15, 0.2) is 30.3 Å². The molecule has 0 fully saturated rings. The highest BCUT2D eigenvalue weighted by Gasteiger charge is 2.21. The molecule has 0 aliphatic heterocycles. The Hall–Kier alpha value is -1.32. The van der Waals surface area contributed by atoms with E-state index >= 15 is 0 Å². The monoisotopic (exact) mass is 267 g/mol. The van der Waals surface area contributed by atoms with Crippen molar-refractivity contribution in [3.05, 3.63) is 40.9 Å². The lowest BCUT2D eigenvalue weighted by atomic mass is 10.0. The van der Waals surface area contributed by atoms with Crippen LogP contribution in [0.4, 0.5) is 0 Å². The van der Waals surface area contributed by atoms with Crippen LogP contribution in [0.3, 0.4) is 0 Å². The van der Waals surface area contributed by atoms with E-state index < -0.39 is 5.54 Å². The van der Waals surface area contributed by atoms with Gasteiger partial charge in [0.1, 0.15) is 0 Å². The highest BCUT2D eigenvalue weighted by Crippen LogP contribution is 2.16. The first-order valence-corrected chi connectivity index (χ1v) is 6.24. The zero-order valence-electron chi connectivity index (χ0n) is 10.6. The van der Waals surface area contributed by atoms with Crippen molar-refractivity contribution in [3.63, 3.8) is 0 Å². The zero-order valence-corrected chi connectivity index (χ0v) is 11.4. The summed E-state index contributed by atoms with van der Waals surface area (Å²) in [5, 5.41) is 12.6. The van der Waals surface area contributed by atoms with E-state index in [0.29, 0.717) is 11.4 Å². The minimum atomic E-state index is -0.581. The van der Waals surface area contributed by atoms with E-state index in [0.717, 1.165) is 5.56 Å². The lowest BCUT2D eigenvalue weighted by Crippen LogP contribution is -2.47. The number of hydrogen-bond donors (Lipinski definition) is 2. The SMILES string of the molecule is CCC(C)(CO)NC(=O)C=Cc1ccccc1Cl. The van der Waals surface area contributed by atoms with Crippen LogP contribution in [0.1, 0.15) is 25.8 Å². The van der Waals surface area contributed by atoms with Gasteiger partial charge in [0.2, 0.25) is 5.91 Å². The molecule has 1 amide bonds. The fraction of sp³-hybridized carbons (Fsp3) is 0.357. The molecule has 0 aliphatic carbocycles. The normalized spacial score (nSPS) is 14.4. The molecule has 98 valence electrons. The minimum Gasteiger partial charge on any atom is -0.394 e. The van der Waals surface area contributed by atoms with Gasteiger partial charge in [0, 0.05) is 11.1 Å². The molecule has 0 saturated heterocycles. The average molecular weight is 268 g/mol. The summed E-state index contributed by atoms with van der Waals surface area (Å²) in [6.45, 7) is 3.62. The molecule has 1 atom stereocenters. The van der Waals surface area contributed by atoms with Gasteiger partial charge in [-0.05, 0) is 31.1 Å². The summed E-state index contributed by atoms with van der Waals surface area (Å²) in [7, 11) is 0. The van der Waals surface area contributed by atoms with E-state index in [2.05, 4.69) is 5.32 Å². The van der Waals surface area contributed by atoms with Gasteiger partial charge in [-0.2, -0.15) is 0 Å². The van der Waals surface area contributed by atoms with Gasteiger partial charge in [-0.3, -0.25) is 4.79 Å². The van der Waals surface area contributed by atoms with Gasteiger partial charge < -0.3 is 10.4 Å². The molecule has 0 bridgehead atoms. The zero-order chi connectivity index (χ0) is 13.6. The Labute approximate surface area is 112 Å². The maximum atomic E-state index is 11.7. The third-order valence-corrected chi connectivity index (χ3v) is 3.22. The first kappa shape index (κ1) is 14.7. The van der Waals surface area contributed by atoms with Gasteiger partial charge >= 0.3 is 0 Å². The maximum absolute atomic E-state index is 11.7. The first-order valence-electron chi connectivity index (χ1n) is 5.86. The Morgan fingerprint density at radius 1 is 1.50 bits per heavy atom. The molecule has 1 aromatic rings. The van der Waals surface area contributed by atoms with Crippen molar-refractivity contribution < 1.29 is 9.90 Å². The molecule has 1 rings (SSSR count). The fourth-order valence-corrected chi connectivity index (χ4v) is 1.55. The number of rotatable bonds is 5. The molecule has 0 aromatic heterocycles. The molecule has 4 heteroatoms. The smallest absolute Gasteiger partial charge is 0.244 e. The molecule has 3 nitrogen and oxygen atoms in total. The lowest BCUT2D eigenvalue weighted by Gasteiger charge is -2.26. The second kappa shape index (κ2) is 6.57. The van der Waals surface area contributed by atoms with E-state index in [-0.39, 0.29) is 12.5 Å². The Morgan fingerprint density at radius 3 is 2.72 bits per heavy atom. The van der Waals surface area contributed by atoms with Crippen LogP contribution >= 0.6 is 11.6 Å². The summed E-state index contributed by atoms with van der Waals surface area (Å²) in [5.41, 5.74) is 0.207. The predicted octanol–water partition coefficient (Wildman–Crippen LogP) is 2.63. The molecule has 0 aliphatic rings. The summed E-state index contributed by atoms with van der Waals surface area (Å²) in [5.74, 6) is -0.242. The summed E-state index contributed by atoms with van der Waals surface area (Å²) in [4.78, 5) is 11.7. The van der Waals surface area contributed by atoms with Gasteiger partial charge in [-0.15, -0.1) is 0 Å². The Balaban J connectivity index is 2.68. The average Bonchev–Trinajstić information content (AvgIpc) is 2.37. The highest BCUT2D eigenvalue weighted by atomic mass is 35.5. The number of halogens is 1. The number of benzene rings is 1. The Kier molecular flexibility index (Phi) is 5.38. The van der Waals surface area contributed by atoms with Crippen LogP contribution in [-0.2, 0) is 4.79 Å². The van der Waals surface area contributed by atoms with E-state index in [1.165, 1.54) is 6.08 Å². The summed E-state index contributed by atoms with van der Waals surface area (Å²) < 4.78 is 0. The van der Waals surface area contributed by atoms with Crippen LogP contribution in [-0.4, -0.2) is 23.2 Å². The van der Waals surface area contributed by atoms with Crippen molar-refractivity contribution in [1.29, 1.82) is 0 Å². The minimum absolute atomic E-state index is 0.0881. The van der Waals surface area contributed by atoms with E-state index in [4.69, 9.17) is 11.6 Å². The molecule has 0 spiro atoms. The van der Waals surface area contributed by atoms with Crippen LogP contribution in [0.5, 0.6) is 0 Å². The standard InChI is InChI=1S/C14H18ClNO2/c1-3-14(2,10-17)16-13(18)9-8-11-6-4-5-7-12(11)15/h4-9,17H,3,10H2,1-2H3,(H,16,18). The van der Waals surface area contributed by atoms with Gasteiger partial charge in [0.25, 0.3) is 0 Å². The fourth-order valence-electron chi connectivity index (χ4n) is 1.35. The van der Waals surface area contributed by atoms with Crippen molar-refractivity contribution in [2.24, 2.45) is 0 Å². The summed E-state index contributed by atoms with van der Waals surface area (Å²) in [6, 6.07) is 7.28. The third kappa shape index (κ3) is 4.17. The molecule has 1 unspecified atom stereocenters. The number of amides is 1. The van der Waals surface area contributed by atoms with Crippen LogP contribution < -0.4 is 5.32 Å². The molecule has 0 radical (unpaired) electrons. The topological polar surface area (TPSA) is 49.3 Å². The highest BCUT2D eigenvalue weighted by molar-refractivity contribution is 6.32. The van der Waals surface area contributed by atoms with Crippen molar-refractivity contribution in [2.45, 2.75) is 25.8 Å². The maximum Gasteiger partial charge on any atom is 0.244 e. The summed E-state index contributed by atoms with van der Waals surface area (Å²) in [6.07, 6.45) is 3.74. The number of carbonyl (C=O) groups excluding carboxylic acids is 1. The molecule has 1 aromatic carbocycles. The van der Waals surface area contributed by atoms with Crippen molar-refractivity contribution in [3.8, 4) is 0 Å². The van der Waals surface area contributed by atoms with E-state index in [1.54, 1.807) is 19.1 Å². The van der Waals surface area contributed by atoms with Crippen molar-refractivity contribution >= 4 is 23.6 Å². The predicted molar refractivity (Wildman–Crippen MR) is 74.4 cm³/mol. The first-order chi connectivity index (χ1) is 8.50. The van der Waals surface area contributed by atoms with Gasteiger partial charge in [-0.1, -0.05) is 36.7 Å². The summed E-state index contributed by atoms with van der Waals surface area (Å²) >= 11 is 5.97. The number of aliphatic hydroxyl groups excluding tert-OH is 1. The molecule has 0 saturated carbocycles.